The number of carbonyl (C=O) groups excluding carboxylic acids is 5. The Balaban J connectivity index is 1.60. The Labute approximate surface area is 247 Å². The highest BCUT2D eigenvalue weighted by Gasteiger charge is 2.75. The van der Waals surface area contributed by atoms with Crippen LogP contribution in [0, 0.1) is 5.92 Å². The molecule has 17 heteroatoms. The van der Waals surface area contributed by atoms with Crippen molar-refractivity contribution in [2.75, 3.05) is 12.3 Å². The molecule has 4 heterocycles. The van der Waals surface area contributed by atoms with Crippen LogP contribution in [0.1, 0.15) is 60.6 Å². The van der Waals surface area contributed by atoms with Gasteiger partial charge in [0.25, 0.3) is 17.5 Å². The summed E-state index contributed by atoms with van der Waals surface area (Å²) in [5.74, 6) is -5.14. The van der Waals surface area contributed by atoms with E-state index in [0.717, 1.165) is 16.2 Å². The minimum atomic E-state index is -2.13. The van der Waals surface area contributed by atoms with E-state index in [1.807, 2.05) is 0 Å². The number of hydrogen-bond acceptors (Lipinski definition) is 14. The molecule has 42 heavy (non-hydrogen) atoms. The minimum Gasteiger partial charge on any atom is -0.457 e. The van der Waals surface area contributed by atoms with Gasteiger partial charge in [-0.15, -0.1) is 11.3 Å². The number of aromatic nitrogens is 1. The smallest absolute Gasteiger partial charge is 0.373 e. The number of hydrogen-bond donors (Lipinski definition) is 2. The summed E-state index contributed by atoms with van der Waals surface area (Å²) in [4.78, 5) is 74.9. The molecular weight excluding hydrogens is 594 g/mol. The quantitative estimate of drug-likeness (QED) is 0.137. The predicted molar refractivity (Wildman–Crippen MR) is 148 cm³/mol. The zero-order valence-electron chi connectivity index (χ0n) is 24.1. The molecule has 3 fully saturated rings. The van der Waals surface area contributed by atoms with E-state index in [0.29, 0.717) is 0 Å². The number of nitrogens with zero attached hydrogens (tertiary/aromatic N) is 3. The highest BCUT2D eigenvalue weighted by molar-refractivity contribution is 7.86. The summed E-state index contributed by atoms with van der Waals surface area (Å²) in [6.45, 7) is 10.8. The number of esters is 3. The fourth-order valence-corrected chi connectivity index (χ4v) is 7.38. The summed E-state index contributed by atoms with van der Waals surface area (Å²) in [5, 5.41) is 5.75. The molecule has 1 aromatic heterocycles. The van der Waals surface area contributed by atoms with Crippen molar-refractivity contribution in [1.29, 1.82) is 0 Å². The number of rotatable bonds is 7. The van der Waals surface area contributed by atoms with Gasteiger partial charge in [0.05, 0.1) is 23.1 Å². The molecule has 1 aromatic rings. The zero-order chi connectivity index (χ0) is 31.4. The summed E-state index contributed by atoms with van der Waals surface area (Å²) in [7, 11) is -1.82. The predicted octanol–water partition coefficient (Wildman–Crippen LogP) is 0.193. The van der Waals surface area contributed by atoms with Crippen LogP contribution < -0.4 is 11.1 Å². The van der Waals surface area contributed by atoms with Crippen LogP contribution in [0.2, 0.25) is 0 Å². The molecule has 2 amide bonds. The average Bonchev–Trinajstić information content (AvgIpc) is 3.43. The zero-order valence-corrected chi connectivity index (χ0v) is 25.8. The molecule has 230 valence electrons. The Hall–Kier alpha value is -3.60. The number of fused-ring (bicyclic) bond motifs is 3. The second kappa shape index (κ2) is 10.9. The molecule has 15 nitrogen and oxygen atoms in total. The number of nitrogen functional groups attached to an aromatic ring is 1. The minimum absolute atomic E-state index is 0.00374. The Morgan fingerprint density at radius 3 is 2.43 bits per heavy atom. The summed E-state index contributed by atoms with van der Waals surface area (Å²) in [5.41, 5.74) is 1.40. The lowest BCUT2D eigenvalue weighted by Gasteiger charge is -2.58. The Kier molecular flexibility index (Phi) is 8.14. The Bertz CT molecular complexity index is 1380. The van der Waals surface area contributed by atoms with Gasteiger partial charge in [0.15, 0.2) is 10.8 Å². The Morgan fingerprint density at radius 2 is 1.86 bits per heavy atom. The van der Waals surface area contributed by atoms with Gasteiger partial charge >= 0.3 is 17.9 Å². The highest BCUT2D eigenvalue weighted by Crippen LogP contribution is 2.51. The van der Waals surface area contributed by atoms with Crippen LogP contribution in [-0.4, -0.2) is 89.7 Å². The van der Waals surface area contributed by atoms with E-state index in [2.05, 4.69) is 15.5 Å². The second-order valence-corrected chi connectivity index (χ2v) is 14.7. The van der Waals surface area contributed by atoms with Crippen LogP contribution in [0.25, 0.3) is 0 Å². The van der Waals surface area contributed by atoms with Crippen LogP contribution in [0.3, 0.4) is 0 Å². The Morgan fingerprint density at radius 1 is 1.21 bits per heavy atom. The molecule has 0 aliphatic carbocycles. The van der Waals surface area contributed by atoms with Crippen molar-refractivity contribution in [3.8, 4) is 0 Å². The number of thiazole rings is 1. The molecule has 3 N–H and O–H groups in total. The van der Waals surface area contributed by atoms with E-state index in [1.165, 1.54) is 5.38 Å². The van der Waals surface area contributed by atoms with Crippen LogP contribution in [-0.2, 0) is 53.8 Å². The largest absolute Gasteiger partial charge is 0.457 e. The first-order valence-electron chi connectivity index (χ1n) is 13.0. The fourth-order valence-electron chi connectivity index (χ4n) is 4.86. The van der Waals surface area contributed by atoms with Crippen LogP contribution in [0.15, 0.2) is 10.5 Å². The third-order valence-corrected chi connectivity index (χ3v) is 9.14. The average molecular weight is 628 g/mol. The lowest BCUT2D eigenvalue weighted by atomic mass is 9.86. The van der Waals surface area contributed by atoms with E-state index in [-0.39, 0.29) is 17.2 Å². The third-order valence-electron chi connectivity index (χ3n) is 6.45. The van der Waals surface area contributed by atoms with Gasteiger partial charge in [-0.3, -0.25) is 23.5 Å². The van der Waals surface area contributed by atoms with Gasteiger partial charge in [0.1, 0.15) is 28.3 Å². The van der Waals surface area contributed by atoms with Crippen molar-refractivity contribution >= 4 is 62.7 Å². The topological polar surface area (TPSA) is 206 Å². The summed E-state index contributed by atoms with van der Waals surface area (Å²) < 4.78 is 29.7. The molecule has 6 atom stereocenters. The van der Waals surface area contributed by atoms with Gasteiger partial charge in [0, 0.05) is 10.6 Å². The first kappa shape index (κ1) is 31.3. The van der Waals surface area contributed by atoms with Crippen molar-refractivity contribution in [2.45, 2.75) is 88.5 Å². The van der Waals surface area contributed by atoms with E-state index >= 15 is 0 Å². The number of ether oxygens (including phenoxy) is 3. The van der Waals surface area contributed by atoms with Gasteiger partial charge in [-0.25, -0.2) is 14.6 Å². The maximum atomic E-state index is 13.5. The van der Waals surface area contributed by atoms with Crippen molar-refractivity contribution in [1.82, 2.24) is 15.2 Å². The molecule has 0 radical (unpaired) electrons. The number of carbonyl (C=O) groups is 5. The van der Waals surface area contributed by atoms with Crippen molar-refractivity contribution in [3.05, 3.63) is 11.1 Å². The van der Waals surface area contributed by atoms with Gasteiger partial charge in [-0.1, -0.05) is 12.1 Å². The molecule has 0 aromatic carbocycles. The van der Waals surface area contributed by atoms with E-state index in [1.54, 1.807) is 48.5 Å². The third kappa shape index (κ3) is 5.84. The SMILES string of the molecule is C[C@H]1[C@@H]2CC(=O)O[C@]2(C(=O)OC(C)(C)C)N2C(=O)[C@@H](NC(=O)/C(=N\OCC(=O)OC(C)(C)C)c3csc(N)n3)[C@H]2S1=O. The lowest BCUT2D eigenvalue weighted by Crippen LogP contribution is -2.84. The van der Waals surface area contributed by atoms with E-state index < -0.39 is 92.4 Å². The summed E-state index contributed by atoms with van der Waals surface area (Å²) in [6.07, 6.45) is -0.239. The highest BCUT2D eigenvalue weighted by atomic mass is 32.2. The van der Waals surface area contributed by atoms with Crippen LogP contribution in [0.4, 0.5) is 5.13 Å². The van der Waals surface area contributed by atoms with Crippen molar-refractivity contribution < 1.29 is 47.2 Å². The maximum Gasteiger partial charge on any atom is 0.373 e. The molecule has 0 saturated carbocycles. The first-order valence-corrected chi connectivity index (χ1v) is 15.1. The van der Waals surface area contributed by atoms with Gasteiger partial charge in [0.2, 0.25) is 6.61 Å². The molecule has 0 spiro atoms. The number of nitrogens with one attached hydrogen (secondary N) is 1. The molecule has 1 unspecified atom stereocenters. The number of anilines is 1. The number of oxime groups is 1. The van der Waals surface area contributed by atoms with Gasteiger partial charge < -0.3 is 30.1 Å². The molecular formula is C25H33N5O10S2. The molecule has 3 aliphatic rings. The summed E-state index contributed by atoms with van der Waals surface area (Å²) in [6, 6.07) is -1.38. The lowest BCUT2D eigenvalue weighted by molar-refractivity contribution is -0.227. The summed E-state index contributed by atoms with van der Waals surface area (Å²) >= 11 is 1.01. The molecule has 4 rings (SSSR count). The van der Waals surface area contributed by atoms with Gasteiger partial charge in [-0.05, 0) is 41.5 Å². The monoisotopic (exact) mass is 627 g/mol. The molecule has 3 saturated heterocycles. The number of nitrogens with two attached hydrogens (primary N) is 1. The standard InChI is InChI=1S/C25H33N5O10S2/c1-11-12-8-14(31)39-25(12,21(35)40-24(5,6)7)30-19(34)17(20(30)42(11)36)28-18(33)16(13-10-41-22(26)27-13)29-37-9-15(32)38-23(2,3)4/h10-12,17,20H,8-9H2,1-7H3,(H2,26,27)(H,28,33)/b29-16-/t11-,12-,17+,20+,25+,42?/m0/s1. The normalized spacial score (nSPS) is 29.1. The van der Waals surface area contributed by atoms with Crippen molar-refractivity contribution in [3.63, 3.8) is 0 Å². The fraction of sp³-hybridized carbons (Fsp3) is 0.640. The number of β-lactam (4-membered cyclic amide) rings is 1. The second-order valence-electron chi connectivity index (χ2n) is 11.9. The molecule has 3 aliphatic heterocycles. The van der Waals surface area contributed by atoms with E-state index in [9.17, 15) is 28.2 Å². The molecule has 0 bridgehead atoms. The number of amides is 2. The van der Waals surface area contributed by atoms with Crippen LogP contribution in [0.5, 0.6) is 0 Å². The van der Waals surface area contributed by atoms with Crippen LogP contribution >= 0.6 is 11.3 Å². The first-order chi connectivity index (χ1) is 19.4. The maximum absolute atomic E-state index is 13.5. The van der Waals surface area contributed by atoms with Gasteiger partial charge in [-0.2, -0.15) is 0 Å². The van der Waals surface area contributed by atoms with E-state index in [4.69, 9.17) is 24.8 Å². The van der Waals surface area contributed by atoms with Crippen molar-refractivity contribution in [2.24, 2.45) is 11.1 Å².